The molecular formula is C48H50N10O2. The smallest absolute Gasteiger partial charge is 0.144 e. The molecule has 4 aromatic carbocycles. The van der Waals surface area contributed by atoms with Crippen LogP contribution >= 0.6 is 0 Å². The summed E-state index contributed by atoms with van der Waals surface area (Å²) in [5.74, 6) is 1.69. The molecule has 6 aromatic rings. The molecule has 0 spiro atoms. The van der Waals surface area contributed by atoms with Crippen LogP contribution in [0.25, 0.3) is 0 Å². The van der Waals surface area contributed by atoms with Crippen LogP contribution in [0.4, 0.5) is 11.4 Å². The molecule has 0 saturated carbocycles. The van der Waals surface area contributed by atoms with Gasteiger partial charge in [-0.3, -0.25) is 20.8 Å². The largest absolute Gasteiger partial charge is 0.487 e. The summed E-state index contributed by atoms with van der Waals surface area (Å²) in [6, 6.07) is 34.0. The van der Waals surface area contributed by atoms with Crippen LogP contribution < -0.4 is 31.6 Å². The molecule has 0 fully saturated rings. The second kappa shape index (κ2) is 21.2. The Bertz CT molecular complexity index is 2520. The number of rotatable bonds is 16. The quantitative estimate of drug-likeness (QED) is 0.0405. The summed E-state index contributed by atoms with van der Waals surface area (Å²) in [6.07, 6.45) is 5.40. The van der Waals surface area contributed by atoms with Crippen molar-refractivity contribution in [2.45, 2.75) is 66.8 Å². The van der Waals surface area contributed by atoms with Crippen molar-refractivity contribution in [2.75, 3.05) is 10.6 Å². The van der Waals surface area contributed by atoms with Crippen LogP contribution in [0.1, 0.15) is 80.9 Å². The van der Waals surface area contributed by atoms with Gasteiger partial charge in [0.15, 0.2) is 0 Å². The number of nitrogens with two attached hydrogens (primary N) is 2. The van der Waals surface area contributed by atoms with E-state index in [2.05, 4.69) is 46.6 Å². The van der Waals surface area contributed by atoms with Gasteiger partial charge in [-0.2, -0.15) is 10.5 Å². The highest BCUT2D eigenvalue weighted by molar-refractivity contribution is 5.95. The number of amidine groups is 2. The molecule has 2 heterocycles. The number of anilines is 2. The van der Waals surface area contributed by atoms with Crippen molar-refractivity contribution >= 4 is 23.0 Å². The summed E-state index contributed by atoms with van der Waals surface area (Å²) >= 11 is 0. The third kappa shape index (κ3) is 11.7. The van der Waals surface area contributed by atoms with Crippen LogP contribution in [0, 0.1) is 47.3 Å². The molecule has 12 heteroatoms. The van der Waals surface area contributed by atoms with Crippen LogP contribution in [0.5, 0.6) is 11.5 Å². The monoisotopic (exact) mass is 798 g/mol. The second-order valence-corrected chi connectivity index (χ2v) is 14.0. The Morgan fingerprint density at radius 1 is 0.617 bits per heavy atom. The molecule has 6 rings (SSSR count). The van der Waals surface area contributed by atoms with E-state index >= 15 is 0 Å². The molecular weight excluding hydrogens is 749 g/mol. The Morgan fingerprint density at radius 3 is 1.55 bits per heavy atom. The van der Waals surface area contributed by atoms with Crippen molar-refractivity contribution in [1.82, 2.24) is 9.97 Å². The highest BCUT2D eigenvalue weighted by Gasteiger charge is 2.15. The minimum Gasteiger partial charge on any atom is -0.487 e. The topological polar surface area (TPSA) is 216 Å². The maximum atomic E-state index is 9.07. The molecule has 0 bridgehead atoms. The average Bonchev–Trinajstić information content (AvgIpc) is 3.27. The Hall–Kier alpha value is -7.70. The van der Waals surface area contributed by atoms with Gasteiger partial charge in [-0.05, 0) is 116 Å². The fourth-order valence-electron chi connectivity index (χ4n) is 6.51. The van der Waals surface area contributed by atoms with E-state index in [1.54, 1.807) is 18.2 Å². The minimum atomic E-state index is 0.0401. The Balaban J connectivity index is 0.000000228. The fraction of sp³-hybridized carbons (Fsp3) is 0.208. The fourth-order valence-corrected chi connectivity index (χ4v) is 6.51. The molecule has 0 amide bonds. The first-order valence-corrected chi connectivity index (χ1v) is 19.6. The van der Waals surface area contributed by atoms with E-state index in [-0.39, 0.29) is 11.7 Å². The number of pyridine rings is 2. The number of nitrogens with zero attached hydrogens (tertiary/aromatic N) is 4. The number of nitrogens with one attached hydrogen (secondary N) is 4. The molecule has 0 saturated heterocycles. The van der Waals surface area contributed by atoms with E-state index in [9.17, 15) is 0 Å². The Morgan fingerprint density at radius 2 is 1.08 bits per heavy atom. The van der Waals surface area contributed by atoms with Crippen molar-refractivity contribution < 1.29 is 9.47 Å². The van der Waals surface area contributed by atoms with E-state index in [1.165, 1.54) is 0 Å². The lowest BCUT2D eigenvalue weighted by Gasteiger charge is -2.17. The number of aryl methyl sites for hydroxylation is 2. The predicted octanol–water partition coefficient (Wildman–Crippen LogP) is 8.60. The standard InChI is InChI=1S/C24H28N6O.C24H22N4O/c1-3-21-19(13-30-20-9-7-17(8-10-20)23(25)26)12-29-15(2)22(21)31-14-16-5-4-6-18(11-16)24(27)28;1-3-23-21(15-28-22-9-7-18(12-25)8-10-22)14-27-17(2)24(23)29-16-20-6-4-5-19(11-20)13-26/h4-12,30H,3,13-14H2,1-2H3,(H3,25,26)(H3,27,28);4-11,14,28H,3,15-16H2,1-2H3. The third-order valence-corrected chi connectivity index (χ3v) is 9.75. The summed E-state index contributed by atoms with van der Waals surface area (Å²) < 4.78 is 12.3. The van der Waals surface area contributed by atoms with Crippen LogP contribution in [-0.4, -0.2) is 21.6 Å². The first-order chi connectivity index (χ1) is 29.0. The Labute approximate surface area is 351 Å². The number of hydrogen-bond donors (Lipinski definition) is 6. The van der Waals surface area contributed by atoms with Gasteiger partial charge in [0.1, 0.15) is 36.4 Å². The van der Waals surface area contributed by atoms with Crippen molar-refractivity contribution in [3.63, 3.8) is 0 Å². The number of nitrogen functional groups attached to an aromatic ring is 2. The molecule has 0 atom stereocenters. The van der Waals surface area contributed by atoms with Gasteiger partial charge >= 0.3 is 0 Å². The molecule has 2 aromatic heterocycles. The van der Waals surface area contributed by atoms with Gasteiger partial charge in [0.05, 0.1) is 34.7 Å². The maximum absolute atomic E-state index is 9.07. The molecule has 0 aliphatic heterocycles. The average molecular weight is 799 g/mol. The van der Waals surface area contributed by atoms with Gasteiger partial charge in [0.25, 0.3) is 0 Å². The number of hydrogen-bond acceptors (Lipinski definition) is 10. The van der Waals surface area contributed by atoms with Crippen LogP contribution in [-0.2, 0) is 39.1 Å². The van der Waals surface area contributed by atoms with Gasteiger partial charge in [-0.1, -0.05) is 44.2 Å². The minimum absolute atomic E-state index is 0.0401. The number of aromatic nitrogens is 2. The lowest BCUT2D eigenvalue weighted by atomic mass is 10.0. The molecule has 12 nitrogen and oxygen atoms in total. The normalized spacial score (nSPS) is 10.3. The zero-order valence-corrected chi connectivity index (χ0v) is 34.4. The van der Waals surface area contributed by atoms with Gasteiger partial charge in [-0.25, -0.2) is 0 Å². The van der Waals surface area contributed by atoms with Crippen molar-refractivity contribution in [2.24, 2.45) is 11.5 Å². The maximum Gasteiger partial charge on any atom is 0.144 e. The lowest BCUT2D eigenvalue weighted by Crippen LogP contribution is -2.12. The number of benzene rings is 4. The summed E-state index contributed by atoms with van der Waals surface area (Å²) in [6.45, 7) is 10.1. The van der Waals surface area contributed by atoms with E-state index in [0.29, 0.717) is 48.6 Å². The third-order valence-electron chi connectivity index (χ3n) is 9.75. The van der Waals surface area contributed by atoms with Gasteiger partial charge in [-0.15, -0.1) is 0 Å². The number of ether oxygens (including phenoxy) is 2. The van der Waals surface area contributed by atoms with Gasteiger partial charge < -0.3 is 31.6 Å². The van der Waals surface area contributed by atoms with Crippen LogP contribution in [0.3, 0.4) is 0 Å². The van der Waals surface area contributed by atoms with Gasteiger partial charge in [0, 0.05) is 59.1 Å². The van der Waals surface area contributed by atoms with Gasteiger partial charge in [0.2, 0.25) is 0 Å². The first-order valence-electron chi connectivity index (χ1n) is 19.6. The molecule has 60 heavy (non-hydrogen) atoms. The summed E-state index contributed by atoms with van der Waals surface area (Å²) in [7, 11) is 0. The van der Waals surface area contributed by atoms with Crippen molar-refractivity contribution in [3.8, 4) is 23.6 Å². The molecule has 0 aliphatic rings. The number of nitriles is 2. The van der Waals surface area contributed by atoms with Crippen molar-refractivity contribution in [3.05, 3.63) is 176 Å². The van der Waals surface area contributed by atoms with E-state index in [1.807, 2.05) is 105 Å². The molecule has 8 N–H and O–H groups in total. The molecule has 304 valence electrons. The van der Waals surface area contributed by atoms with E-state index in [4.69, 9.17) is 42.3 Å². The summed E-state index contributed by atoms with van der Waals surface area (Å²) in [4.78, 5) is 9.04. The Kier molecular flexibility index (Phi) is 15.3. The van der Waals surface area contributed by atoms with E-state index < -0.39 is 0 Å². The highest BCUT2D eigenvalue weighted by Crippen LogP contribution is 2.29. The second-order valence-electron chi connectivity index (χ2n) is 14.0. The molecule has 0 aliphatic carbocycles. The van der Waals surface area contributed by atoms with E-state index in [0.717, 1.165) is 80.5 Å². The predicted molar refractivity (Wildman–Crippen MR) is 237 cm³/mol. The lowest BCUT2D eigenvalue weighted by molar-refractivity contribution is 0.299. The zero-order chi connectivity index (χ0) is 43.0. The van der Waals surface area contributed by atoms with Crippen molar-refractivity contribution in [1.29, 1.82) is 21.3 Å². The molecule has 0 radical (unpaired) electrons. The first kappa shape index (κ1) is 43.4. The van der Waals surface area contributed by atoms with Crippen LogP contribution in [0.15, 0.2) is 109 Å². The molecule has 0 unspecified atom stereocenters. The van der Waals surface area contributed by atoms with Crippen LogP contribution in [0.2, 0.25) is 0 Å². The zero-order valence-electron chi connectivity index (χ0n) is 34.4. The SMILES string of the molecule is CCc1c(CNc2ccc(C#N)cc2)cnc(C)c1OCc1cccc(C#N)c1.CCc1c(CNc2ccc(C(=N)N)cc2)cnc(C)c1OCc1cccc(C(=N)N)c1. The highest BCUT2D eigenvalue weighted by atomic mass is 16.5. The summed E-state index contributed by atoms with van der Waals surface area (Å²) in [5.41, 5.74) is 23.6. The summed E-state index contributed by atoms with van der Waals surface area (Å²) in [5, 5.41) is 39.9.